The Morgan fingerprint density at radius 3 is 2.36 bits per heavy atom. The van der Waals surface area contributed by atoms with Crippen molar-refractivity contribution < 1.29 is 71.7 Å². The summed E-state index contributed by atoms with van der Waals surface area (Å²) in [5.41, 5.74) is -2.35. The Kier molecular flexibility index (Phi) is 9.02. The molecular weight excluding hydrogens is 545 g/mol. The summed E-state index contributed by atoms with van der Waals surface area (Å²) in [5.74, 6) is -1.32. The van der Waals surface area contributed by atoms with Crippen molar-refractivity contribution in [2.75, 3.05) is 13.2 Å². The van der Waals surface area contributed by atoms with Gasteiger partial charge in [0.2, 0.25) is 5.82 Å². The molecule has 206 valence electrons. The lowest BCUT2D eigenvalue weighted by Crippen LogP contribution is -2.58. The van der Waals surface area contributed by atoms with Crippen molar-refractivity contribution in [1.82, 2.24) is 9.55 Å². The lowest BCUT2D eigenvalue weighted by Gasteiger charge is -2.39. The SMILES string of the molecule is O=c1[nH]c(=O)n([C@H]2C[C@H](O)[C@@H](COP(=O)(O)OP(=O)(O)O[C@H]3O[C@H](CO)[C@@H](O)[C@H](O)[C@H]3O)O2)cc1F. The van der Waals surface area contributed by atoms with Gasteiger partial charge in [-0.15, -0.1) is 0 Å². The third-order valence-corrected chi connectivity index (χ3v) is 7.73. The first-order valence-corrected chi connectivity index (χ1v) is 13.0. The summed E-state index contributed by atoms with van der Waals surface area (Å²) in [6.45, 7) is -1.85. The van der Waals surface area contributed by atoms with E-state index in [1.54, 1.807) is 4.98 Å². The number of rotatable bonds is 9. The number of aliphatic hydroxyl groups excluding tert-OH is 5. The van der Waals surface area contributed by atoms with E-state index in [4.69, 9.17) is 14.6 Å². The zero-order valence-electron chi connectivity index (χ0n) is 17.8. The maximum Gasteiger partial charge on any atom is 0.483 e. The van der Waals surface area contributed by atoms with Crippen molar-refractivity contribution in [3.05, 3.63) is 32.9 Å². The number of aliphatic hydroxyl groups is 5. The zero-order valence-corrected chi connectivity index (χ0v) is 19.6. The Labute approximate surface area is 199 Å². The molecule has 0 aliphatic carbocycles. The van der Waals surface area contributed by atoms with Gasteiger partial charge < -0.3 is 44.8 Å². The van der Waals surface area contributed by atoms with Crippen LogP contribution in [0.1, 0.15) is 12.6 Å². The Hall–Kier alpha value is -1.41. The molecule has 0 aromatic carbocycles. The molecule has 2 aliphatic heterocycles. The van der Waals surface area contributed by atoms with Gasteiger partial charge in [-0.2, -0.15) is 8.70 Å². The monoisotopic (exact) mass is 568 g/mol. The van der Waals surface area contributed by atoms with E-state index in [9.17, 15) is 53.3 Å². The van der Waals surface area contributed by atoms with Crippen LogP contribution in [0.4, 0.5) is 4.39 Å². The summed E-state index contributed by atoms with van der Waals surface area (Å²) < 4.78 is 61.4. The molecule has 0 radical (unpaired) electrons. The van der Waals surface area contributed by atoms with Gasteiger partial charge in [-0.05, 0) is 0 Å². The van der Waals surface area contributed by atoms with Crippen molar-refractivity contribution in [3.63, 3.8) is 0 Å². The Morgan fingerprint density at radius 2 is 1.72 bits per heavy atom. The largest absolute Gasteiger partial charge is 0.483 e. The number of H-pyrrole nitrogens is 1. The summed E-state index contributed by atoms with van der Waals surface area (Å²) in [6.07, 6.45) is -13.6. The fourth-order valence-electron chi connectivity index (χ4n) is 3.34. The molecule has 21 heteroatoms. The molecule has 3 rings (SSSR count). The number of aromatic amines is 1. The average molecular weight is 568 g/mol. The maximum absolute atomic E-state index is 13.5. The van der Waals surface area contributed by atoms with Crippen LogP contribution in [0, 0.1) is 5.82 Å². The molecular formula is C15H23FN2O16P2. The van der Waals surface area contributed by atoms with Gasteiger partial charge in [0, 0.05) is 6.42 Å². The molecule has 8 N–H and O–H groups in total. The Bertz CT molecular complexity index is 1140. The van der Waals surface area contributed by atoms with Crippen LogP contribution in [0.25, 0.3) is 0 Å². The molecule has 1 aromatic heterocycles. The molecule has 1 aromatic rings. The maximum atomic E-state index is 13.5. The first-order valence-electron chi connectivity index (χ1n) is 9.99. The number of ether oxygens (including phenoxy) is 2. The van der Waals surface area contributed by atoms with Crippen LogP contribution in [0.2, 0.25) is 0 Å². The van der Waals surface area contributed by atoms with Crippen molar-refractivity contribution in [2.45, 2.75) is 55.6 Å². The van der Waals surface area contributed by atoms with E-state index in [-0.39, 0.29) is 6.42 Å². The molecule has 0 saturated carbocycles. The normalized spacial score (nSPS) is 36.3. The van der Waals surface area contributed by atoms with Gasteiger partial charge in [0.05, 0.1) is 25.5 Å². The third-order valence-electron chi connectivity index (χ3n) is 5.13. The molecule has 2 fully saturated rings. The topological polar surface area (TPSA) is 277 Å². The molecule has 0 spiro atoms. The number of phosphoric ester groups is 2. The quantitative estimate of drug-likeness (QED) is 0.133. The second-order valence-corrected chi connectivity index (χ2v) is 10.7. The van der Waals surface area contributed by atoms with Crippen LogP contribution >= 0.6 is 15.6 Å². The number of hydrogen-bond acceptors (Lipinski definition) is 14. The predicted octanol–water partition coefficient (Wildman–Crippen LogP) is -3.63. The smallest absolute Gasteiger partial charge is 0.394 e. The number of nitrogens with one attached hydrogen (secondary N) is 1. The van der Waals surface area contributed by atoms with E-state index in [1.807, 2.05) is 0 Å². The van der Waals surface area contributed by atoms with Crippen LogP contribution in [0.5, 0.6) is 0 Å². The molecule has 10 atom stereocenters. The van der Waals surface area contributed by atoms with Crippen LogP contribution in [0.3, 0.4) is 0 Å². The van der Waals surface area contributed by atoms with E-state index in [0.717, 1.165) is 0 Å². The van der Waals surface area contributed by atoms with Gasteiger partial charge in [-0.3, -0.25) is 23.4 Å². The molecule has 36 heavy (non-hydrogen) atoms. The Balaban J connectivity index is 1.59. The summed E-state index contributed by atoms with van der Waals surface area (Å²) in [6, 6.07) is 0. The van der Waals surface area contributed by atoms with Crippen LogP contribution in [-0.4, -0.2) is 101 Å². The number of nitrogens with zero attached hydrogens (tertiary/aromatic N) is 1. The summed E-state index contributed by atoms with van der Waals surface area (Å²) >= 11 is 0. The van der Waals surface area contributed by atoms with Crippen LogP contribution in [-0.2, 0) is 32.0 Å². The molecule has 18 nitrogen and oxygen atoms in total. The van der Waals surface area contributed by atoms with E-state index < -0.39 is 95.1 Å². The molecule has 2 saturated heterocycles. The Morgan fingerprint density at radius 1 is 1.06 bits per heavy atom. The highest BCUT2D eigenvalue weighted by molar-refractivity contribution is 7.61. The molecule has 0 bridgehead atoms. The predicted molar refractivity (Wildman–Crippen MR) is 107 cm³/mol. The minimum atomic E-state index is -5.58. The summed E-state index contributed by atoms with van der Waals surface area (Å²) in [7, 11) is -11.0. The lowest BCUT2D eigenvalue weighted by atomic mass is 10.00. The minimum absolute atomic E-state index is 0.339. The highest BCUT2D eigenvalue weighted by Crippen LogP contribution is 2.61. The van der Waals surface area contributed by atoms with Crippen LogP contribution < -0.4 is 11.2 Å². The fraction of sp³-hybridized carbons (Fsp3) is 0.733. The molecule has 0 amide bonds. The van der Waals surface area contributed by atoms with Crippen molar-refractivity contribution in [3.8, 4) is 0 Å². The number of hydrogen-bond donors (Lipinski definition) is 8. The van der Waals surface area contributed by atoms with Crippen molar-refractivity contribution in [2.24, 2.45) is 0 Å². The standard InChI is InChI=1S/C15H23FN2O16P2/c16-5-2-18(15(25)17-13(5)24)9-1-6(20)8(31-9)4-30-35(26,27)34-36(28,29)33-14-12(23)11(22)10(21)7(3-19)32-14/h2,6-12,14,19-23H,1,3-4H2,(H,26,27)(H,28,29)(H,17,24,25)/t6-,7+,8+,9+,10+,11-,12+,14+/m0/s1. The fourth-order valence-corrected chi connectivity index (χ4v) is 5.50. The highest BCUT2D eigenvalue weighted by atomic mass is 31.3. The number of halogens is 1. The number of phosphoric acid groups is 2. The van der Waals surface area contributed by atoms with E-state index >= 15 is 0 Å². The van der Waals surface area contributed by atoms with Crippen molar-refractivity contribution >= 4 is 15.6 Å². The zero-order chi connectivity index (χ0) is 27.0. The molecule has 3 heterocycles. The lowest BCUT2D eigenvalue weighted by molar-refractivity contribution is -0.280. The first-order chi connectivity index (χ1) is 16.6. The highest BCUT2D eigenvalue weighted by Gasteiger charge is 2.48. The van der Waals surface area contributed by atoms with Crippen LogP contribution in [0.15, 0.2) is 15.8 Å². The van der Waals surface area contributed by atoms with Gasteiger partial charge in [0.25, 0.3) is 5.56 Å². The average Bonchev–Trinajstić information content (AvgIpc) is 3.14. The summed E-state index contributed by atoms with van der Waals surface area (Å²) in [5, 5.41) is 48.4. The second-order valence-electron chi connectivity index (χ2n) is 7.69. The third kappa shape index (κ3) is 6.72. The van der Waals surface area contributed by atoms with E-state index in [1.165, 1.54) is 0 Å². The molecule has 2 aliphatic rings. The van der Waals surface area contributed by atoms with Gasteiger partial charge in [-0.25, -0.2) is 13.9 Å². The summed E-state index contributed by atoms with van der Waals surface area (Å²) in [4.78, 5) is 44.2. The second kappa shape index (κ2) is 11.1. The van der Waals surface area contributed by atoms with Gasteiger partial charge in [0.1, 0.15) is 36.7 Å². The first kappa shape index (κ1) is 29.2. The molecule has 2 unspecified atom stereocenters. The van der Waals surface area contributed by atoms with Crippen molar-refractivity contribution in [1.29, 1.82) is 0 Å². The number of aromatic nitrogens is 2. The minimum Gasteiger partial charge on any atom is -0.394 e. The van der Waals surface area contributed by atoms with Gasteiger partial charge in [-0.1, -0.05) is 0 Å². The van der Waals surface area contributed by atoms with E-state index in [0.29, 0.717) is 10.8 Å². The van der Waals surface area contributed by atoms with Gasteiger partial charge >= 0.3 is 21.3 Å². The van der Waals surface area contributed by atoms with Gasteiger partial charge in [0.15, 0.2) is 6.29 Å². The van der Waals surface area contributed by atoms with E-state index in [2.05, 4.69) is 13.4 Å².